The zero-order valence-corrected chi connectivity index (χ0v) is 15.8. The number of nitrogens with zero attached hydrogens (tertiary/aromatic N) is 2. The van der Waals surface area contributed by atoms with Gasteiger partial charge in [-0.3, -0.25) is 4.79 Å². The molecule has 1 aromatic heterocycles. The van der Waals surface area contributed by atoms with Crippen molar-refractivity contribution in [2.45, 2.75) is 32.4 Å². The number of carbonyl (C=O) groups is 2. The Morgan fingerprint density at radius 3 is 2.62 bits per heavy atom. The topological polar surface area (TPSA) is 109 Å². The third-order valence-electron chi connectivity index (χ3n) is 4.09. The van der Waals surface area contributed by atoms with E-state index in [1.54, 1.807) is 24.0 Å². The summed E-state index contributed by atoms with van der Waals surface area (Å²) in [6, 6.07) is 3.21. The second kappa shape index (κ2) is 9.04. The van der Waals surface area contributed by atoms with Crippen molar-refractivity contribution in [3.05, 3.63) is 24.2 Å². The Bertz CT molecular complexity index is 696. The Kier molecular flexibility index (Phi) is 7.04. The summed E-state index contributed by atoms with van der Waals surface area (Å²) in [5.41, 5.74) is 0. The second-order valence-electron chi connectivity index (χ2n) is 6.14. The fourth-order valence-electron chi connectivity index (χ4n) is 2.72. The van der Waals surface area contributed by atoms with Crippen LogP contribution in [0.5, 0.6) is 0 Å². The van der Waals surface area contributed by atoms with E-state index < -0.39 is 10.0 Å². The van der Waals surface area contributed by atoms with E-state index in [4.69, 9.17) is 9.15 Å². The highest BCUT2D eigenvalue weighted by Crippen LogP contribution is 2.13. The van der Waals surface area contributed by atoms with Gasteiger partial charge in [0, 0.05) is 19.1 Å². The van der Waals surface area contributed by atoms with Crippen LogP contribution in [0.4, 0.5) is 4.79 Å². The van der Waals surface area contributed by atoms with Crippen LogP contribution in [0.15, 0.2) is 22.8 Å². The number of rotatable bonds is 7. The number of ether oxygens (including phenoxy) is 1. The molecule has 0 aliphatic carbocycles. The lowest BCUT2D eigenvalue weighted by Crippen LogP contribution is -2.49. The van der Waals surface area contributed by atoms with Crippen LogP contribution in [0.2, 0.25) is 0 Å². The van der Waals surface area contributed by atoms with Crippen LogP contribution in [-0.2, 0) is 26.1 Å². The molecule has 9 nitrogen and oxygen atoms in total. The van der Waals surface area contributed by atoms with Crippen molar-refractivity contribution in [3.63, 3.8) is 0 Å². The van der Waals surface area contributed by atoms with Crippen molar-refractivity contribution in [2.24, 2.45) is 0 Å². The monoisotopic (exact) mass is 387 g/mol. The van der Waals surface area contributed by atoms with E-state index >= 15 is 0 Å². The van der Waals surface area contributed by atoms with Gasteiger partial charge in [-0.2, -0.15) is 4.31 Å². The number of furan rings is 1. The molecule has 2 rings (SSSR count). The van der Waals surface area contributed by atoms with Gasteiger partial charge in [0.15, 0.2) is 0 Å². The first-order valence-corrected chi connectivity index (χ1v) is 10.3. The highest BCUT2D eigenvalue weighted by Gasteiger charge is 2.26. The Hall–Kier alpha value is -2.07. The first kappa shape index (κ1) is 20.2. The molecular weight excluding hydrogens is 362 g/mol. The molecule has 1 saturated heterocycles. The first-order chi connectivity index (χ1) is 12.3. The third kappa shape index (κ3) is 6.03. The highest BCUT2D eigenvalue weighted by atomic mass is 32.2. The minimum atomic E-state index is -3.56. The molecule has 0 unspecified atom stereocenters. The van der Waals surface area contributed by atoms with Gasteiger partial charge < -0.3 is 19.4 Å². The first-order valence-electron chi connectivity index (χ1n) is 8.48. The van der Waals surface area contributed by atoms with Crippen LogP contribution in [0.25, 0.3) is 0 Å². The molecule has 0 saturated carbocycles. The molecule has 0 spiro atoms. The number of likely N-dealkylation sites (tertiary alicyclic amines) is 1. The van der Waals surface area contributed by atoms with E-state index in [0.717, 1.165) is 10.6 Å². The molecule has 2 amide bonds. The molecule has 1 aliphatic heterocycles. The summed E-state index contributed by atoms with van der Waals surface area (Å²) in [7, 11) is -3.56. The molecule has 10 heteroatoms. The summed E-state index contributed by atoms with van der Waals surface area (Å²) >= 11 is 0. The molecule has 0 atom stereocenters. The van der Waals surface area contributed by atoms with E-state index in [0.29, 0.717) is 38.3 Å². The maximum atomic E-state index is 12.3. The summed E-state index contributed by atoms with van der Waals surface area (Å²) in [4.78, 5) is 25.5. The summed E-state index contributed by atoms with van der Waals surface area (Å²) in [5.74, 6) is 0.0857. The number of carbonyl (C=O) groups excluding carboxylic acids is 2. The van der Waals surface area contributed by atoms with Crippen LogP contribution in [0.1, 0.15) is 25.5 Å². The van der Waals surface area contributed by atoms with Gasteiger partial charge in [0.1, 0.15) is 5.76 Å². The lowest BCUT2D eigenvalue weighted by Gasteiger charge is -2.32. The fourth-order valence-corrected chi connectivity index (χ4v) is 3.43. The van der Waals surface area contributed by atoms with Gasteiger partial charge in [0.2, 0.25) is 15.9 Å². The average molecular weight is 387 g/mol. The molecule has 2 heterocycles. The number of amides is 2. The van der Waals surface area contributed by atoms with Crippen molar-refractivity contribution < 1.29 is 27.2 Å². The standard InChI is InChI=1S/C16H25N3O6S/c1-3-24-16(21)18-8-6-13(7-9-18)17-15(20)12-19(26(2,22)23)11-14-5-4-10-25-14/h4-5,10,13H,3,6-9,11-12H2,1-2H3,(H,17,20). The largest absolute Gasteiger partial charge is 0.468 e. The van der Waals surface area contributed by atoms with E-state index in [9.17, 15) is 18.0 Å². The van der Waals surface area contributed by atoms with Gasteiger partial charge in [0.25, 0.3) is 0 Å². The minimum Gasteiger partial charge on any atom is -0.468 e. The fraction of sp³-hybridized carbons (Fsp3) is 0.625. The molecule has 0 bridgehead atoms. The molecule has 1 aliphatic rings. The van der Waals surface area contributed by atoms with Crippen molar-refractivity contribution in [3.8, 4) is 0 Å². The molecule has 1 N–H and O–H groups in total. The van der Waals surface area contributed by atoms with E-state index in [2.05, 4.69) is 5.32 Å². The summed E-state index contributed by atoms with van der Waals surface area (Å²) in [6.07, 6.45) is 3.36. The molecule has 0 aromatic carbocycles. The van der Waals surface area contributed by atoms with Gasteiger partial charge in [-0.05, 0) is 31.9 Å². The molecule has 1 fully saturated rings. The number of hydrogen-bond acceptors (Lipinski definition) is 6. The Morgan fingerprint density at radius 2 is 2.08 bits per heavy atom. The Morgan fingerprint density at radius 1 is 1.38 bits per heavy atom. The molecule has 1 aromatic rings. The number of nitrogens with one attached hydrogen (secondary N) is 1. The van der Waals surface area contributed by atoms with E-state index in [-0.39, 0.29) is 31.1 Å². The molecule has 146 valence electrons. The molecule has 0 radical (unpaired) electrons. The quantitative estimate of drug-likeness (QED) is 0.740. The van der Waals surface area contributed by atoms with Crippen LogP contribution < -0.4 is 5.32 Å². The van der Waals surface area contributed by atoms with Gasteiger partial charge in [-0.25, -0.2) is 13.2 Å². The van der Waals surface area contributed by atoms with Crippen molar-refractivity contribution in [1.82, 2.24) is 14.5 Å². The van der Waals surface area contributed by atoms with Crippen LogP contribution in [0.3, 0.4) is 0 Å². The Labute approximate surface area is 153 Å². The molecule has 26 heavy (non-hydrogen) atoms. The van der Waals surface area contributed by atoms with Crippen LogP contribution >= 0.6 is 0 Å². The summed E-state index contributed by atoms with van der Waals surface area (Å²) in [5, 5.41) is 2.84. The number of hydrogen-bond donors (Lipinski definition) is 1. The smallest absolute Gasteiger partial charge is 0.409 e. The number of sulfonamides is 1. The maximum absolute atomic E-state index is 12.3. The maximum Gasteiger partial charge on any atom is 0.409 e. The van der Waals surface area contributed by atoms with E-state index in [1.165, 1.54) is 6.26 Å². The number of piperidine rings is 1. The Balaban J connectivity index is 1.84. The lowest BCUT2D eigenvalue weighted by atomic mass is 10.1. The van der Waals surface area contributed by atoms with Gasteiger partial charge in [-0.15, -0.1) is 0 Å². The van der Waals surface area contributed by atoms with Gasteiger partial charge >= 0.3 is 6.09 Å². The van der Waals surface area contributed by atoms with Crippen molar-refractivity contribution in [2.75, 3.05) is 32.5 Å². The summed E-state index contributed by atoms with van der Waals surface area (Å²) in [6.45, 7) is 2.78. The van der Waals surface area contributed by atoms with E-state index in [1.807, 2.05) is 0 Å². The van der Waals surface area contributed by atoms with Crippen LogP contribution in [-0.4, -0.2) is 68.2 Å². The third-order valence-corrected chi connectivity index (χ3v) is 5.28. The van der Waals surface area contributed by atoms with Crippen LogP contribution in [0, 0.1) is 0 Å². The summed E-state index contributed by atoms with van der Waals surface area (Å²) < 4.78 is 35.0. The normalized spacial score (nSPS) is 15.9. The zero-order chi connectivity index (χ0) is 19.2. The van der Waals surface area contributed by atoms with Gasteiger partial charge in [-0.1, -0.05) is 0 Å². The lowest BCUT2D eigenvalue weighted by molar-refractivity contribution is -0.122. The van der Waals surface area contributed by atoms with Crippen molar-refractivity contribution in [1.29, 1.82) is 0 Å². The minimum absolute atomic E-state index is 0.000552. The predicted molar refractivity (Wildman–Crippen MR) is 93.7 cm³/mol. The highest BCUT2D eigenvalue weighted by molar-refractivity contribution is 7.88. The molecular formula is C16H25N3O6S. The zero-order valence-electron chi connectivity index (χ0n) is 15.0. The van der Waals surface area contributed by atoms with Gasteiger partial charge in [0.05, 0.1) is 32.2 Å². The average Bonchev–Trinajstić information content (AvgIpc) is 3.07. The predicted octanol–water partition coefficient (Wildman–Crippen LogP) is 0.778. The van der Waals surface area contributed by atoms with Crippen molar-refractivity contribution >= 4 is 22.0 Å². The second-order valence-corrected chi connectivity index (χ2v) is 8.12. The SMILES string of the molecule is CCOC(=O)N1CCC(NC(=O)CN(Cc2ccco2)S(C)(=O)=O)CC1.